The van der Waals surface area contributed by atoms with Crippen LogP contribution in [-0.4, -0.2) is 28.5 Å². The van der Waals surface area contributed by atoms with Gasteiger partial charge >= 0.3 is 0 Å². The van der Waals surface area contributed by atoms with Crippen molar-refractivity contribution in [1.29, 1.82) is 0 Å². The Hall–Kier alpha value is -0.970. The van der Waals surface area contributed by atoms with Crippen LogP contribution < -0.4 is 10.9 Å². The highest BCUT2D eigenvalue weighted by Gasteiger charge is 1.96. The monoisotopic (exact) mass is 199 g/mol. The molecule has 5 heteroatoms. The van der Waals surface area contributed by atoms with E-state index in [1.807, 2.05) is 0 Å². The molecule has 0 spiro atoms. The molecule has 0 aromatic carbocycles. The molecule has 0 saturated heterocycles. The van der Waals surface area contributed by atoms with Crippen molar-refractivity contribution in [2.45, 2.75) is 6.42 Å². The van der Waals surface area contributed by atoms with E-state index in [1.165, 1.54) is 6.20 Å². The van der Waals surface area contributed by atoms with E-state index in [0.29, 0.717) is 5.82 Å². The molecular weight excluding hydrogens is 186 g/mol. The van der Waals surface area contributed by atoms with Crippen molar-refractivity contribution in [3.63, 3.8) is 0 Å². The summed E-state index contributed by atoms with van der Waals surface area (Å²) in [6.07, 6.45) is 6.19. The lowest BCUT2D eigenvalue weighted by Gasteiger charge is -2.02. The lowest BCUT2D eigenvalue weighted by molar-refractivity contribution is 0.969. The van der Waals surface area contributed by atoms with Crippen molar-refractivity contribution < 1.29 is 0 Å². The standard InChI is InChI=1S/C8H13N3OS/c1-13-6-2-3-9-7-8(12)11-5-4-10-7/h4-5H,2-3,6H2,1H3,(H,9,10)(H,11,12). The fraction of sp³-hybridized carbons (Fsp3) is 0.500. The average molecular weight is 199 g/mol. The maximum Gasteiger partial charge on any atom is 0.290 e. The summed E-state index contributed by atoms with van der Waals surface area (Å²) >= 11 is 1.79. The molecule has 4 nitrogen and oxygen atoms in total. The molecule has 0 radical (unpaired) electrons. The van der Waals surface area contributed by atoms with Gasteiger partial charge in [-0.3, -0.25) is 4.79 Å². The minimum Gasteiger partial charge on any atom is -0.365 e. The summed E-state index contributed by atoms with van der Waals surface area (Å²) in [7, 11) is 0. The second-order valence-corrected chi connectivity index (χ2v) is 3.53. The lowest BCUT2D eigenvalue weighted by Crippen LogP contribution is -2.16. The smallest absolute Gasteiger partial charge is 0.290 e. The molecule has 0 aliphatic heterocycles. The summed E-state index contributed by atoms with van der Waals surface area (Å²) in [5.41, 5.74) is -0.161. The molecule has 1 aromatic heterocycles. The van der Waals surface area contributed by atoms with Gasteiger partial charge in [0.15, 0.2) is 5.82 Å². The minimum atomic E-state index is -0.161. The van der Waals surface area contributed by atoms with Gasteiger partial charge in [0.1, 0.15) is 0 Å². The Kier molecular flexibility index (Phi) is 4.39. The van der Waals surface area contributed by atoms with Crippen molar-refractivity contribution in [2.75, 3.05) is 23.9 Å². The summed E-state index contributed by atoms with van der Waals surface area (Å²) in [4.78, 5) is 17.6. The summed E-state index contributed by atoms with van der Waals surface area (Å²) in [5.74, 6) is 1.50. The van der Waals surface area contributed by atoms with Gasteiger partial charge in [-0.2, -0.15) is 11.8 Å². The van der Waals surface area contributed by atoms with E-state index in [0.717, 1.165) is 18.7 Å². The third kappa shape index (κ3) is 3.50. The van der Waals surface area contributed by atoms with Crippen LogP contribution in [0.25, 0.3) is 0 Å². The molecule has 1 aromatic rings. The summed E-state index contributed by atoms with van der Waals surface area (Å²) < 4.78 is 0. The van der Waals surface area contributed by atoms with Crippen LogP contribution in [0.5, 0.6) is 0 Å². The van der Waals surface area contributed by atoms with E-state index in [9.17, 15) is 4.79 Å². The first kappa shape index (κ1) is 10.1. The molecule has 0 saturated carbocycles. The number of anilines is 1. The van der Waals surface area contributed by atoms with E-state index < -0.39 is 0 Å². The van der Waals surface area contributed by atoms with Crippen molar-refractivity contribution in [1.82, 2.24) is 9.97 Å². The second kappa shape index (κ2) is 5.64. The van der Waals surface area contributed by atoms with Crippen LogP contribution in [0.1, 0.15) is 6.42 Å². The molecule has 0 amide bonds. The molecule has 1 rings (SSSR count). The third-order valence-corrected chi connectivity index (χ3v) is 2.22. The van der Waals surface area contributed by atoms with Crippen molar-refractivity contribution in [3.8, 4) is 0 Å². The van der Waals surface area contributed by atoms with E-state index in [-0.39, 0.29) is 5.56 Å². The van der Waals surface area contributed by atoms with E-state index >= 15 is 0 Å². The van der Waals surface area contributed by atoms with Gasteiger partial charge in [-0.25, -0.2) is 4.98 Å². The highest BCUT2D eigenvalue weighted by atomic mass is 32.2. The zero-order valence-electron chi connectivity index (χ0n) is 7.54. The Morgan fingerprint density at radius 2 is 2.54 bits per heavy atom. The number of hydrogen-bond acceptors (Lipinski definition) is 4. The van der Waals surface area contributed by atoms with Gasteiger partial charge in [-0.1, -0.05) is 0 Å². The zero-order chi connectivity index (χ0) is 9.52. The molecule has 0 fully saturated rings. The molecule has 1 heterocycles. The largest absolute Gasteiger partial charge is 0.365 e. The van der Waals surface area contributed by atoms with Gasteiger partial charge < -0.3 is 10.3 Å². The third-order valence-electron chi connectivity index (χ3n) is 1.53. The van der Waals surface area contributed by atoms with Gasteiger partial charge in [0.25, 0.3) is 5.56 Å². The molecule has 0 bridgehead atoms. The Morgan fingerprint density at radius 1 is 1.69 bits per heavy atom. The average Bonchev–Trinajstić information content (AvgIpc) is 2.15. The molecule has 0 unspecified atom stereocenters. The van der Waals surface area contributed by atoms with Crippen LogP contribution in [0.4, 0.5) is 5.82 Å². The second-order valence-electron chi connectivity index (χ2n) is 2.54. The quantitative estimate of drug-likeness (QED) is 0.693. The molecule has 13 heavy (non-hydrogen) atoms. The van der Waals surface area contributed by atoms with Crippen LogP contribution in [0.3, 0.4) is 0 Å². The minimum absolute atomic E-state index is 0.161. The Bertz CT molecular complexity index is 299. The van der Waals surface area contributed by atoms with Gasteiger partial charge in [0, 0.05) is 18.9 Å². The first-order valence-electron chi connectivity index (χ1n) is 4.11. The maximum absolute atomic E-state index is 11.1. The number of nitrogens with zero attached hydrogens (tertiary/aromatic N) is 1. The number of nitrogens with one attached hydrogen (secondary N) is 2. The van der Waals surface area contributed by atoms with Crippen molar-refractivity contribution in [2.24, 2.45) is 0 Å². The molecule has 72 valence electrons. The number of hydrogen-bond donors (Lipinski definition) is 2. The maximum atomic E-state index is 11.1. The fourth-order valence-electron chi connectivity index (χ4n) is 0.901. The number of aromatic nitrogens is 2. The van der Waals surface area contributed by atoms with Crippen molar-refractivity contribution in [3.05, 3.63) is 22.7 Å². The lowest BCUT2D eigenvalue weighted by atomic mass is 10.5. The molecule has 0 atom stereocenters. The molecule has 0 aliphatic carbocycles. The SMILES string of the molecule is CSCCCNc1ncc[nH]c1=O. The van der Waals surface area contributed by atoms with Gasteiger partial charge in [0.2, 0.25) is 0 Å². The molecular formula is C8H13N3OS. The predicted octanol–water partition coefficient (Wildman–Crippen LogP) is 0.935. The van der Waals surface area contributed by atoms with E-state index in [1.54, 1.807) is 18.0 Å². The van der Waals surface area contributed by atoms with Crippen LogP contribution in [0.2, 0.25) is 0 Å². The highest BCUT2D eigenvalue weighted by molar-refractivity contribution is 7.98. The summed E-state index contributed by atoms with van der Waals surface area (Å²) in [6, 6.07) is 0. The van der Waals surface area contributed by atoms with E-state index in [2.05, 4.69) is 21.5 Å². The van der Waals surface area contributed by atoms with Gasteiger partial charge in [-0.05, 0) is 18.4 Å². The van der Waals surface area contributed by atoms with Crippen LogP contribution in [0.15, 0.2) is 17.2 Å². The van der Waals surface area contributed by atoms with Crippen LogP contribution >= 0.6 is 11.8 Å². The zero-order valence-corrected chi connectivity index (χ0v) is 8.36. The first-order chi connectivity index (χ1) is 6.34. The summed E-state index contributed by atoms with van der Waals surface area (Å²) in [5, 5.41) is 2.98. The number of aromatic amines is 1. The molecule has 2 N–H and O–H groups in total. The van der Waals surface area contributed by atoms with Gasteiger partial charge in [0.05, 0.1) is 0 Å². The highest BCUT2D eigenvalue weighted by Crippen LogP contribution is 1.96. The van der Waals surface area contributed by atoms with E-state index in [4.69, 9.17) is 0 Å². The first-order valence-corrected chi connectivity index (χ1v) is 5.50. The van der Waals surface area contributed by atoms with Crippen LogP contribution in [0, 0.1) is 0 Å². The number of rotatable bonds is 5. The Balaban J connectivity index is 2.37. The summed E-state index contributed by atoms with van der Waals surface area (Å²) in [6.45, 7) is 0.793. The molecule has 0 aliphatic rings. The van der Waals surface area contributed by atoms with Crippen molar-refractivity contribution >= 4 is 17.6 Å². The predicted molar refractivity (Wildman–Crippen MR) is 56.3 cm³/mol. The number of H-pyrrole nitrogens is 1. The van der Waals surface area contributed by atoms with Crippen LogP contribution in [-0.2, 0) is 0 Å². The topological polar surface area (TPSA) is 57.8 Å². The van der Waals surface area contributed by atoms with Gasteiger partial charge in [-0.15, -0.1) is 0 Å². The number of thioether (sulfide) groups is 1. The normalized spacial score (nSPS) is 9.92. The Labute approximate surface area is 81.2 Å². The Morgan fingerprint density at radius 3 is 3.23 bits per heavy atom. The fourth-order valence-corrected chi connectivity index (χ4v) is 1.33.